The van der Waals surface area contributed by atoms with E-state index in [-0.39, 0.29) is 18.1 Å². The number of aryl methyl sites for hydroxylation is 3. The fraction of sp³-hybridized carbons (Fsp3) is 0.458. The molecular weight excluding hydrogens is 390 g/mol. The van der Waals surface area contributed by atoms with Crippen molar-refractivity contribution >= 4 is 22.6 Å². The zero-order valence-electron chi connectivity index (χ0n) is 18.5. The van der Waals surface area contributed by atoms with E-state index >= 15 is 0 Å². The number of carbonyl (C=O) groups excluding carboxylic acids is 1. The van der Waals surface area contributed by atoms with Gasteiger partial charge in [0.05, 0.1) is 28.9 Å². The third kappa shape index (κ3) is 4.56. The van der Waals surface area contributed by atoms with E-state index in [2.05, 4.69) is 52.8 Å². The third-order valence-electron chi connectivity index (χ3n) is 6.14. The maximum Gasteiger partial charge on any atom is 0.255 e. The number of fused-ring (bicyclic) bond motifs is 1. The van der Waals surface area contributed by atoms with E-state index in [0.717, 1.165) is 47.1 Å². The molecule has 164 valence electrons. The van der Waals surface area contributed by atoms with E-state index in [9.17, 15) is 9.90 Å². The Morgan fingerprint density at radius 3 is 2.84 bits per heavy atom. The Kier molecular flexibility index (Phi) is 6.23. The van der Waals surface area contributed by atoms with Gasteiger partial charge in [-0.3, -0.25) is 4.79 Å². The van der Waals surface area contributed by atoms with Crippen LogP contribution in [0.5, 0.6) is 0 Å². The average Bonchev–Trinajstić information content (AvgIpc) is 3.17. The molecule has 2 aromatic heterocycles. The highest BCUT2D eigenvalue weighted by Crippen LogP contribution is 2.30. The van der Waals surface area contributed by atoms with Crippen molar-refractivity contribution in [1.82, 2.24) is 20.1 Å². The molecule has 2 unspecified atom stereocenters. The number of nitrogens with one attached hydrogen (secondary N) is 2. The van der Waals surface area contributed by atoms with Crippen molar-refractivity contribution in [3.05, 3.63) is 52.8 Å². The van der Waals surface area contributed by atoms with Gasteiger partial charge in [-0.05, 0) is 57.6 Å². The van der Waals surface area contributed by atoms with Crippen molar-refractivity contribution in [3.63, 3.8) is 0 Å². The van der Waals surface area contributed by atoms with Crippen molar-refractivity contribution < 1.29 is 9.90 Å². The van der Waals surface area contributed by atoms with Crippen LogP contribution in [0.25, 0.3) is 11.0 Å². The highest BCUT2D eigenvalue weighted by Gasteiger charge is 2.24. The molecular formula is C24H31N5O2. The van der Waals surface area contributed by atoms with Crippen LogP contribution < -0.4 is 10.6 Å². The summed E-state index contributed by atoms with van der Waals surface area (Å²) in [6, 6.07) is 6.35. The summed E-state index contributed by atoms with van der Waals surface area (Å²) in [6.45, 7) is 7.30. The average molecular weight is 422 g/mol. The van der Waals surface area contributed by atoms with Crippen molar-refractivity contribution in [2.24, 2.45) is 0 Å². The first-order valence-electron chi connectivity index (χ1n) is 11.1. The molecule has 7 heteroatoms. The number of amides is 1. The van der Waals surface area contributed by atoms with Crippen LogP contribution in [0.4, 0.5) is 5.69 Å². The summed E-state index contributed by atoms with van der Waals surface area (Å²) in [4.78, 5) is 17.7. The first kappa shape index (κ1) is 21.3. The lowest BCUT2D eigenvalue weighted by Gasteiger charge is -2.28. The largest absolute Gasteiger partial charge is 0.393 e. The highest BCUT2D eigenvalue weighted by atomic mass is 16.3. The topological polar surface area (TPSA) is 92.1 Å². The monoisotopic (exact) mass is 421 g/mol. The number of nitrogens with zero attached hydrogens (tertiary/aromatic N) is 3. The van der Waals surface area contributed by atoms with Gasteiger partial charge in [-0.1, -0.05) is 23.8 Å². The van der Waals surface area contributed by atoms with Gasteiger partial charge in [0.2, 0.25) is 0 Å². The highest BCUT2D eigenvalue weighted by molar-refractivity contribution is 6.06. The quantitative estimate of drug-likeness (QED) is 0.564. The maximum absolute atomic E-state index is 13.2. The van der Waals surface area contributed by atoms with Crippen LogP contribution in [-0.4, -0.2) is 37.9 Å². The minimum atomic E-state index is -0.302. The molecule has 1 aliphatic rings. The van der Waals surface area contributed by atoms with Crippen molar-refractivity contribution in [2.45, 2.75) is 71.7 Å². The van der Waals surface area contributed by atoms with Crippen LogP contribution in [-0.2, 0) is 13.1 Å². The lowest BCUT2D eigenvalue weighted by molar-refractivity contribution is 0.0951. The smallest absolute Gasteiger partial charge is 0.255 e. The molecule has 3 N–H and O–H groups in total. The fourth-order valence-corrected chi connectivity index (χ4v) is 4.40. The van der Waals surface area contributed by atoms with E-state index < -0.39 is 0 Å². The Labute approximate surface area is 182 Å². The lowest BCUT2D eigenvalue weighted by Crippen LogP contribution is -2.31. The number of aliphatic hydroxyl groups excluding tert-OH is 1. The number of aliphatic hydroxyl groups is 1. The standard InChI is InChI=1S/C24H31N5O2/c1-4-29-23-20(14-27-29)22(28-18-6-5-7-19(30)11-18)21(13-25-23)24(31)26-12-17-9-8-15(2)10-16(17)3/h8-10,13-14,18-19,30H,4-7,11-12H2,1-3H3,(H,25,28)(H,26,31). The SMILES string of the molecule is CCn1ncc2c(NC3CCCC(O)C3)c(C(=O)NCc3ccc(C)cc3C)cnc21. The Morgan fingerprint density at radius 2 is 2.10 bits per heavy atom. The molecule has 7 nitrogen and oxygen atoms in total. The second-order valence-corrected chi connectivity index (χ2v) is 8.52. The molecule has 1 aliphatic carbocycles. The summed E-state index contributed by atoms with van der Waals surface area (Å²) < 4.78 is 1.83. The number of pyridine rings is 1. The molecule has 0 bridgehead atoms. The number of carbonyl (C=O) groups is 1. The zero-order chi connectivity index (χ0) is 22.0. The first-order chi connectivity index (χ1) is 15.0. The van der Waals surface area contributed by atoms with Gasteiger partial charge < -0.3 is 15.7 Å². The molecule has 0 saturated heterocycles. The van der Waals surface area contributed by atoms with Crippen LogP contribution in [0, 0.1) is 13.8 Å². The Balaban J connectivity index is 1.63. The van der Waals surface area contributed by atoms with E-state index in [1.54, 1.807) is 12.4 Å². The van der Waals surface area contributed by atoms with Crippen molar-refractivity contribution in [2.75, 3.05) is 5.32 Å². The molecule has 0 radical (unpaired) electrons. The Morgan fingerprint density at radius 1 is 1.26 bits per heavy atom. The van der Waals surface area contributed by atoms with Crippen LogP contribution >= 0.6 is 0 Å². The Hall–Kier alpha value is -2.93. The van der Waals surface area contributed by atoms with Gasteiger partial charge in [0.25, 0.3) is 5.91 Å². The lowest BCUT2D eigenvalue weighted by atomic mass is 9.92. The summed E-state index contributed by atoms with van der Waals surface area (Å²) >= 11 is 0. The predicted molar refractivity (Wildman–Crippen MR) is 122 cm³/mol. The maximum atomic E-state index is 13.2. The number of hydrogen-bond donors (Lipinski definition) is 3. The van der Waals surface area contributed by atoms with Gasteiger partial charge in [0.1, 0.15) is 0 Å². The molecule has 1 aromatic carbocycles. The van der Waals surface area contributed by atoms with Crippen LogP contribution in [0.1, 0.15) is 59.7 Å². The van der Waals surface area contributed by atoms with E-state index in [1.807, 2.05) is 11.6 Å². The van der Waals surface area contributed by atoms with Gasteiger partial charge in [0, 0.05) is 25.3 Å². The van der Waals surface area contributed by atoms with Gasteiger partial charge in [0.15, 0.2) is 5.65 Å². The first-order valence-corrected chi connectivity index (χ1v) is 11.1. The van der Waals surface area contributed by atoms with E-state index in [0.29, 0.717) is 25.1 Å². The molecule has 0 spiro atoms. The molecule has 3 aromatic rings. The van der Waals surface area contributed by atoms with Gasteiger partial charge in [-0.2, -0.15) is 5.10 Å². The van der Waals surface area contributed by atoms with Gasteiger partial charge in [-0.25, -0.2) is 9.67 Å². The zero-order valence-corrected chi connectivity index (χ0v) is 18.5. The number of aromatic nitrogens is 3. The van der Waals surface area contributed by atoms with Crippen LogP contribution in [0.2, 0.25) is 0 Å². The third-order valence-corrected chi connectivity index (χ3v) is 6.14. The normalized spacial score (nSPS) is 18.8. The summed E-state index contributed by atoms with van der Waals surface area (Å²) in [7, 11) is 0. The molecule has 2 heterocycles. The summed E-state index contributed by atoms with van der Waals surface area (Å²) in [5, 5.41) is 22.0. The molecule has 31 heavy (non-hydrogen) atoms. The minimum Gasteiger partial charge on any atom is -0.393 e. The second kappa shape index (κ2) is 9.06. The molecule has 1 amide bonds. The van der Waals surface area contributed by atoms with Crippen molar-refractivity contribution in [3.8, 4) is 0 Å². The summed E-state index contributed by atoms with van der Waals surface area (Å²) in [6.07, 6.45) is 6.55. The van der Waals surface area contributed by atoms with E-state index in [1.165, 1.54) is 5.56 Å². The molecule has 1 saturated carbocycles. The summed E-state index contributed by atoms with van der Waals surface area (Å²) in [5.41, 5.74) is 5.47. The fourth-order valence-electron chi connectivity index (χ4n) is 4.40. The molecule has 0 aliphatic heterocycles. The second-order valence-electron chi connectivity index (χ2n) is 8.52. The predicted octanol–water partition coefficient (Wildman–Crippen LogP) is 3.71. The number of rotatable bonds is 6. The number of anilines is 1. The Bertz CT molecular complexity index is 1090. The van der Waals surface area contributed by atoms with Gasteiger partial charge >= 0.3 is 0 Å². The van der Waals surface area contributed by atoms with Crippen LogP contribution in [0.3, 0.4) is 0 Å². The molecule has 4 rings (SSSR count). The molecule has 1 fully saturated rings. The number of benzene rings is 1. The number of hydrogen-bond acceptors (Lipinski definition) is 5. The molecule has 2 atom stereocenters. The van der Waals surface area contributed by atoms with Crippen molar-refractivity contribution in [1.29, 1.82) is 0 Å². The van der Waals surface area contributed by atoms with Crippen LogP contribution in [0.15, 0.2) is 30.6 Å². The van der Waals surface area contributed by atoms with E-state index in [4.69, 9.17) is 0 Å². The van der Waals surface area contributed by atoms with Gasteiger partial charge in [-0.15, -0.1) is 0 Å². The minimum absolute atomic E-state index is 0.116. The summed E-state index contributed by atoms with van der Waals surface area (Å²) in [5.74, 6) is -0.169.